The highest BCUT2D eigenvalue weighted by Gasteiger charge is 2.19. The Hall–Kier alpha value is -3.33. The number of anilines is 1. The minimum Gasteiger partial charge on any atom is -0.493 e. The molecule has 120 valence electrons. The van der Waals surface area contributed by atoms with Gasteiger partial charge in [-0.2, -0.15) is 5.26 Å². The number of nitriles is 1. The number of carbonyl (C=O) groups excluding carboxylic acids is 2. The summed E-state index contributed by atoms with van der Waals surface area (Å²) in [5.74, 6) is 0.505. The maximum atomic E-state index is 12.3. The number of benzene rings is 2. The van der Waals surface area contributed by atoms with E-state index in [0.717, 1.165) is 11.3 Å². The number of amides is 1. The predicted octanol–water partition coefficient (Wildman–Crippen LogP) is 2.32. The van der Waals surface area contributed by atoms with Crippen LogP contribution in [-0.2, 0) is 11.2 Å². The van der Waals surface area contributed by atoms with Gasteiger partial charge in [-0.05, 0) is 35.9 Å². The fraction of sp³-hybridized carbons (Fsp3) is 0.167. The number of carbonyl (C=O) groups is 2. The number of fused-ring (bicyclic) bond motifs is 1. The molecule has 24 heavy (non-hydrogen) atoms. The van der Waals surface area contributed by atoms with Crippen molar-refractivity contribution in [1.29, 1.82) is 5.26 Å². The Bertz CT molecular complexity index is 868. The lowest BCUT2D eigenvalue weighted by atomic mass is 10.1. The first kappa shape index (κ1) is 15.6. The van der Waals surface area contributed by atoms with Gasteiger partial charge in [0.1, 0.15) is 0 Å². The summed E-state index contributed by atoms with van der Waals surface area (Å²) in [7, 11) is 1.47. The molecule has 0 radical (unpaired) electrons. The van der Waals surface area contributed by atoms with Gasteiger partial charge in [-0.1, -0.05) is 0 Å². The molecule has 0 spiro atoms. The van der Waals surface area contributed by atoms with Crippen LogP contribution in [0.2, 0.25) is 0 Å². The van der Waals surface area contributed by atoms with Crippen molar-refractivity contribution in [2.45, 2.75) is 6.42 Å². The highest BCUT2D eigenvalue weighted by atomic mass is 16.5. The zero-order valence-corrected chi connectivity index (χ0v) is 13.0. The molecule has 1 aliphatic rings. The van der Waals surface area contributed by atoms with Gasteiger partial charge in [-0.25, -0.2) is 0 Å². The SMILES string of the molecule is COc1cc(C#N)ccc1OCC(=O)c1ccc2c(c1)CC(=O)N2. The van der Waals surface area contributed by atoms with Gasteiger partial charge in [0.25, 0.3) is 0 Å². The van der Waals surface area contributed by atoms with E-state index in [0.29, 0.717) is 22.6 Å². The van der Waals surface area contributed by atoms with Crippen LogP contribution in [-0.4, -0.2) is 25.4 Å². The molecule has 1 aliphatic heterocycles. The Morgan fingerprint density at radius 2 is 2.08 bits per heavy atom. The summed E-state index contributed by atoms with van der Waals surface area (Å²) < 4.78 is 10.7. The van der Waals surface area contributed by atoms with Gasteiger partial charge in [0, 0.05) is 17.3 Å². The zero-order valence-electron chi connectivity index (χ0n) is 13.0. The van der Waals surface area contributed by atoms with E-state index in [1.54, 1.807) is 36.4 Å². The van der Waals surface area contributed by atoms with Crippen LogP contribution in [0, 0.1) is 11.3 Å². The van der Waals surface area contributed by atoms with Gasteiger partial charge in [0.2, 0.25) is 5.91 Å². The average Bonchev–Trinajstić information content (AvgIpc) is 2.98. The maximum Gasteiger partial charge on any atom is 0.228 e. The minimum atomic E-state index is -0.205. The summed E-state index contributed by atoms with van der Waals surface area (Å²) in [6.07, 6.45) is 0.279. The summed E-state index contributed by atoms with van der Waals surface area (Å²) in [5.41, 5.74) is 2.48. The molecule has 0 saturated heterocycles. The largest absolute Gasteiger partial charge is 0.493 e. The fourth-order valence-electron chi connectivity index (χ4n) is 2.49. The first-order chi connectivity index (χ1) is 11.6. The van der Waals surface area contributed by atoms with Crippen molar-refractivity contribution < 1.29 is 19.1 Å². The van der Waals surface area contributed by atoms with Crippen molar-refractivity contribution >= 4 is 17.4 Å². The molecule has 1 N–H and O–H groups in total. The maximum absolute atomic E-state index is 12.3. The molecule has 1 amide bonds. The number of hydrogen-bond acceptors (Lipinski definition) is 5. The number of nitrogens with one attached hydrogen (secondary N) is 1. The van der Waals surface area contributed by atoms with Crippen molar-refractivity contribution in [3.8, 4) is 17.6 Å². The normalized spacial score (nSPS) is 12.1. The standard InChI is InChI=1S/C18H14N2O4/c1-23-17-6-11(9-19)2-5-16(17)24-10-15(21)12-3-4-14-13(7-12)8-18(22)20-14/h2-7H,8,10H2,1H3,(H,20,22). The van der Waals surface area contributed by atoms with Crippen LogP contribution in [0.1, 0.15) is 21.5 Å². The Labute approximate surface area is 138 Å². The van der Waals surface area contributed by atoms with Crippen LogP contribution in [0.3, 0.4) is 0 Å². The molecule has 0 saturated carbocycles. The second-order valence-corrected chi connectivity index (χ2v) is 5.29. The van der Waals surface area contributed by atoms with Crippen molar-refractivity contribution in [3.05, 3.63) is 53.1 Å². The van der Waals surface area contributed by atoms with E-state index in [1.165, 1.54) is 7.11 Å². The van der Waals surface area contributed by atoms with Crippen molar-refractivity contribution in [2.24, 2.45) is 0 Å². The third kappa shape index (κ3) is 3.06. The third-order valence-corrected chi connectivity index (χ3v) is 3.70. The monoisotopic (exact) mass is 322 g/mol. The molecule has 0 aromatic heterocycles. The van der Waals surface area contributed by atoms with Crippen LogP contribution in [0.4, 0.5) is 5.69 Å². The lowest BCUT2D eigenvalue weighted by Gasteiger charge is -2.10. The van der Waals surface area contributed by atoms with Crippen LogP contribution < -0.4 is 14.8 Å². The Morgan fingerprint density at radius 1 is 1.25 bits per heavy atom. The highest BCUT2D eigenvalue weighted by Crippen LogP contribution is 2.28. The number of Topliss-reactive ketones (excluding diaryl/α,β-unsaturated/α-hetero) is 1. The number of rotatable bonds is 5. The van der Waals surface area contributed by atoms with E-state index in [2.05, 4.69) is 5.32 Å². The van der Waals surface area contributed by atoms with Gasteiger partial charge in [0.15, 0.2) is 23.9 Å². The third-order valence-electron chi connectivity index (χ3n) is 3.70. The molecule has 6 heteroatoms. The second kappa shape index (κ2) is 6.42. The smallest absolute Gasteiger partial charge is 0.228 e. The van der Waals surface area contributed by atoms with Gasteiger partial charge < -0.3 is 14.8 Å². The van der Waals surface area contributed by atoms with Gasteiger partial charge >= 0.3 is 0 Å². The summed E-state index contributed by atoms with van der Waals surface area (Å²) in [5, 5.41) is 11.6. The van der Waals surface area contributed by atoms with Gasteiger partial charge in [-0.15, -0.1) is 0 Å². The van der Waals surface area contributed by atoms with Crippen LogP contribution in [0.25, 0.3) is 0 Å². The van der Waals surface area contributed by atoms with Crippen molar-refractivity contribution in [1.82, 2.24) is 0 Å². The minimum absolute atomic E-state index is 0.0758. The molecular formula is C18H14N2O4. The second-order valence-electron chi connectivity index (χ2n) is 5.29. The van der Waals surface area contributed by atoms with E-state index in [9.17, 15) is 9.59 Å². The predicted molar refractivity (Wildman–Crippen MR) is 86.3 cm³/mol. The molecule has 2 aromatic carbocycles. The number of methoxy groups -OCH3 is 1. The lowest BCUT2D eigenvalue weighted by Crippen LogP contribution is -2.12. The van der Waals surface area contributed by atoms with Gasteiger partial charge in [0.05, 0.1) is 25.2 Å². The first-order valence-corrected chi connectivity index (χ1v) is 7.27. The highest BCUT2D eigenvalue weighted by molar-refractivity contribution is 6.02. The van der Waals surface area contributed by atoms with E-state index < -0.39 is 0 Å². The quantitative estimate of drug-likeness (QED) is 0.853. The zero-order chi connectivity index (χ0) is 17.1. The molecule has 1 heterocycles. The van der Waals surface area contributed by atoms with Crippen molar-refractivity contribution in [3.63, 3.8) is 0 Å². The fourth-order valence-corrected chi connectivity index (χ4v) is 2.49. The first-order valence-electron chi connectivity index (χ1n) is 7.27. The van der Waals surface area contributed by atoms with Crippen LogP contribution >= 0.6 is 0 Å². The lowest BCUT2D eigenvalue weighted by molar-refractivity contribution is -0.115. The van der Waals surface area contributed by atoms with E-state index in [-0.39, 0.29) is 24.7 Å². The Kier molecular flexibility index (Phi) is 4.17. The number of ether oxygens (including phenoxy) is 2. The molecule has 0 bridgehead atoms. The molecule has 2 aromatic rings. The van der Waals surface area contributed by atoms with Crippen LogP contribution in [0.5, 0.6) is 11.5 Å². The van der Waals surface area contributed by atoms with Crippen molar-refractivity contribution in [2.75, 3.05) is 19.0 Å². The molecule has 0 unspecified atom stereocenters. The van der Waals surface area contributed by atoms with Crippen LogP contribution in [0.15, 0.2) is 36.4 Å². The number of ketones is 1. The van der Waals surface area contributed by atoms with E-state index in [4.69, 9.17) is 14.7 Å². The molecule has 0 fully saturated rings. The topological polar surface area (TPSA) is 88.4 Å². The summed E-state index contributed by atoms with van der Waals surface area (Å²) >= 11 is 0. The summed E-state index contributed by atoms with van der Waals surface area (Å²) in [4.78, 5) is 23.7. The van der Waals surface area contributed by atoms with E-state index >= 15 is 0 Å². The molecule has 3 rings (SSSR count). The molecular weight excluding hydrogens is 308 g/mol. The van der Waals surface area contributed by atoms with Gasteiger partial charge in [-0.3, -0.25) is 9.59 Å². The summed E-state index contributed by atoms with van der Waals surface area (Å²) in [6.45, 7) is -0.164. The molecule has 6 nitrogen and oxygen atoms in total. The number of nitrogens with zero attached hydrogens (tertiary/aromatic N) is 1. The average molecular weight is 322 g/mol. The Balaban J connectivity index is 1.71. The summed E-state index contributed by atoms with van der Waals surface area (Å²) in [6, 6.07) is 11.8. The molecule has 0 aliphatic carbocycles. The number of hydrogen-bond donors (Lipinski definition) is 1. The van der Waals surface area contributed by atoms with E-state index in [1.807, 2.05) is 6.07 Å². The molecule has 0 atom stereocenters. The Morgan fingerprint density at radius 3 is 2.83 bits per heavy atom.